The van der Waals surface area contributed by atoms with Gasteiger partial charge in [-0.25, -0.2) is 0 Å². The number of carbonyl (C=O) groups is 2. The van der Waals surface area contributed by atoms with Crippen LogP contribution in [-0.2, 0) is 14.3 Å². The number of nitrogens with zero attached hydrogens (tertiary/aromatic N) is 2. The Morgan fingerprint density at radius 1 is 1.37 bits per heavy atom. The van der Waals surface area contributed by atoms with Gasteiger partial charge in [0.05, 0.1) is 13.2 Å². The number of piperazine rings is 1. The molecule has 0 aromatic carbocycles. The van der Waals surface area contributed by atoms with Crippen molar-refractivity contribution in [1.82, 2.24) is 9.80 Å². The largest absolute Gasteiger partial charge is 0.379 e. The second-order valence-corrected chi connectivity index (χ2v) is 5.09. The van der Waals surface area contributed by atoms with E-state index in [0.29, 0.717) is 19.8 Å². The summed E-state index contributed by atoms with van der Waals surface area (Å²) in [7, 11) is 0. The Labute approximate surface area is 114 Å². The Kier molecular flexibility index (Phi) is 4.58. The van der Waals surface area contributed by atoms with E-state index in [1.165, 1.54) is 0 Å². The first-order valence-corrected chi connectivity index (χ1v) is 6.96. The molecule has 2 atom stereocenters. The van der Waals surface area contributed by atoms with Crippen molar-refractivity contribution in [3.05, 3.63) is 12.7 Å². The van der Waals surface area contributed by atoms with Crippen molar-refractivity contribution in [2.45, 2.75) is 38.3 Å². The molecule has 2 heterocycles. The molecule has 2 aliphatic rings. The minimum Gasteiger partial charge on any atom is -0.379 e. The summed E-state index contributed by atoms with van der Waals surface area (Å²) < 4.78 is 5.43. The number of hydrogen-bond donors (Lipinski definition) is 0. The van der Waals surface area contributed by atoms with Crippen molar-refractivity contribution in [3.8, 4) is 0 Å². The fraction of sp³-hybridized carbons (Fsp3) is 0.714. The van der Waals surface area contributed by atoms with Crippen LogP contribution in [0.5, 0.6) is 0 Å². The van der Waals surface area contributed by atoms with Crippen molar-refractivity contribution in [2.75, 3.05) is 26.3 Å². The second kappa shape index (κ2) is 6.19. The Balaban J connectivity index is 1.90. The topological polar surface area (TPSA) is 49.9 Å². The molecule has 106 valence electrons. The predicted octanol–water partition coefficient (Wildman–Crippen LogP) is 0.801. The molecule has 0 aromatic rings. The van der Waals surface area contributed by atoms with E-state index in [1.807, 2.05) is 0 Å². The molecule has 2 fully saturated rings. The molecule has 5 heteroatoms. The smallest absolute Gasteiger partial charge is 0.246 e. The summed E-state index contributed by atoms with van der Waals surface area (Å²) in [5.74, 6) is 0.158. The molecule has 0 N–H and O–H groups in total. The molecule has 0 aromatic heterocycles. The number of amides is 2. The van der Waals surface area contributed by atoms with Crippen molar-refractivity contribution < 1.29 is 14.3 Å². The van der Waals surface area contributed by atoms with Gasteiger partial charge in [0.25, 0.3) is 0 Å². The number of fused-ring (bicyclic) bond motifs is 1. The highest BCUT2D eigenvalue weighted by molar-refractivity contribution is 5.97. The lowest BCUT2D eigenvalue weighted by atomic mass is 10.1. The lowest BCUT2D eigenvalue weighted by Gasteiger charge is -2.40. The van der Waals surface area contributed by atoms with Crippen molar-refractivity contribution in [2.24, 2.45) is 0 Å². The Hall–Kier alpha value is -1.36. The zero-order valence-electron chi connectivity index (χ0n) is 11.5. The minimum absolute atomic E-state index is 0.0770. The molecule has 19 heavy (non-hydrogen) atoms. The highest BCUT2D eigenvalue weighted by Gasteiger charge is 2.45. The van der Waals surface area contributed by atoms with Crippen LogP contribution in [0.1, 0.15) is 26.2 Å². The van der Waals surface area contributed by atoms with E-state index >= 15 is 0 Å². The fourth-order valence-electron chi connectivity index (χ4n) is 2.78. The quantitative estimate of drug-likeness (QED) is 0.528. The minimum atomic E-state index is -0.357. The first-order valence-electron chi connectivity index (χ1n) is 6.96. The van der Waals surface area contributed by atoms with Gasteiger partial charge in [0.15, 0.2) is 0 Å². The molecule has 2 unspecified atom stereocenters. The molecule has 5 nitrogen and oxygen atoms in total. The average molecular weight is 266 g/mol. The van der Waals surface area contributed by atoms with Crippen molar-refractivity contribution in [1.29, 1.82) is 0 Å². The molecule has 0 aliphatic carbocycles. The zero-order chi connectivity index (χ0) is 13.8. The van der Waals surface area contributed by atoms with Gasteiger partial charge in [0.2, 0.25) is 11.8 Å². The molecular formula is C14H22N2O3. The maximum absolute atomic E-state index is 12.3. The summed E-state index contributed by atoms with van der Waals surface area (Å²) in [5.41, 5.74) is 0. The van der Waals surface area contributed by atoms with Crippen LogP contribution in [0.4, 0.5) is 0 Å². The van der Waals surface area contributed by atoms with Crippen molar-refractivity contribution >= 4 is 11.8 Å². The maximum atomic E-state index is 12.3. The van der Waals surface area contributed by atoms with Crippen LogP contribution in [0.2, 0.25) is 0 Å². The van der Waals surface area contributed by atoms with Gasteiger partial charge in [-0.1, -0.05) is 6.08 Å². The van der Waals surface area contributed by atoms with E-state index in [-0.39, 0.29) is 23.9 Å². The van der Waals surface area contributed by atoms with Gasteiger partial charge in [0.1, 0.15) is 12.1 Å². The molecular weight excluding hydrogens is 244 g/mol. The van der Waals surface area contributed by atoms with Crippen LogP contribution in [0, 0.1) is 0 Å². The van der Waals surface area contributed by atoms with E-state index in [9.17, 15) is 9.59 Å². The molecule has 2 saturated heterocycles. The Morgan fingerprint density at radius 3 is 2.89 bits per heavy atom. The van der Waals surface area contributed by atoms with Gasteiger partial charge in [-0.05, 0) is 26.2 Å². The molecule has 2 amide bonds. The molecule has 0 spiro atoms. The van der Waals surface area contributed by atoms with E-state index in [4.69, 9.17) is 4.74 Å². The summed E-state index contributed by atoms with van der Waals surface area (Å²) in [6.07, 6.45) is 4.33. The number of rotatable bonds is 6. The van der Waals surface area contributed by atoms with Gasteiger partial charge >= 0.3 is 0 Å². The Bertz CT molecular complexity index is 370. The van der Waals surface area contributed by atoms with Gasteiger partial charge < -0.3 is 14.5 Å². The molecule has 2 rings (SSSR count). The molecule has 0 radical (unpaired) electrons. The normalized spacial score (nSPS) is 26.8. The van der Waals surface area contributed by atoms with Crippen LogP contribution in [0.25, 0.3) is 0 Å². The van der Waals surface area contributed by atoms with Crippen LogP contribution in [0.3, 0.4) is 0 Å². The lowest BCUT2D eigenvalue weighted by molar-refractivity contribution is -0.159. The summed E-state index contributed by atoms with van der Waals surface area (Å²) in [6, 6.07) is -0.582. The third-order valence-electron chi connectivity index (χ3n) is 3.87. The monoisotopic (exact) mass is 266 g/mol. The summed E-state index contributed by atoms with van der Waals surface area (Å²) in [4.78, 5) is 27.9. The number of hydrogen-bond acceptors (Lipinski definition) is 3. The van der Waals surface area contributed by atoms with E-state index < -0.39 is 0 Å². The maximum Gasteiger partial charge on any atom is 0.246 e. The van der Waals surface area contributed by atoms with Crippen LogP contribution in [0.15, 0.2) is 12.7 Å². The van der Waals surface area contributed by atoms with Gasteiger partial charge in [-0.15, -0.1) is 6.58 Å². The zero-order valence-corrected chi connectivity index (χ0v) is 11.5. The second-order valence-electron chi connectivity index (χ2n) is 5.09. The average Bonchev–Trinajstić information content (AvgIpc) is 2.89. The number of carbonyl (C=O) groups excluding carboxylic acids is 2. The van der Waals surface area contributed by atoms with Gasteiger partial charge in [-0.3, -0.25) is 9.59 Å². The van der Waals surface area contributed by atoms with Crippen LogP contribution in [-0.4, -0.2) is 60.0 Å². The highest BCUT2D eigenvalue weighted by Crippen LogP contribution is 2.26. The predicted molar refractivity (Wildman–Crippen MR) is 71.5 cm³/mol. The number of ether oxygens (including phenoxy) is 1. The first-order chi connectivity index (χ1) is 9.16. The third-order valence-corrected chi connectivity index (χ3v) is 3.87. The van der Waals surface area contributed by atoms with Crippen LogP contribution >= 0.6 is 0 Å². The van der Waals surface area contributed by atoms with E-state index in [1.54, 1.807) is 22.8 Å². The van der Waals surface area contributed by atoms with Gasteiger partial charge in [-0.2, -0.15) is 0 Å². The molecule has 0 saturated carbocycles. The fourth-order valence-corrected chi connectivity index (χ4v) is 2.78. The molecule has 0 bridgehead atoms. The van der Waals surface area contributed by atoms with Gasteiger partial charge in [0, 0.05) is 13.1 Å². The first kappa shape index (κ1) is 14.1. The SMILES string of the molecule is C=CCCOCCN1C(=O)C2CCCN2C(=O)C1C. The Morgan fingerprint density at radius 2 is 2.16 bits per heavy atom. The van der Waals surface area contributed by atoms with E-state index in [2.05, 4.69) is 6.58 Å². The highest BCUT2D eigenvalue weighted by atomic mass is 16.5. The van der Waals surface area contributed by atoms with Crippen LogP contribution < -0.4 is 0 Å². The summed E-state index contributed by atoms with van der Waals surface area (Å²) in [5, 5.41) is 0. The third kappa shape index (κ3) is 2.81. The summed E-state index contributed by atoms with van der Waals surface area (Å²) in [6.45, 7) is 7.74. The van der Waals surface area contributed by atoms with E-state index in [0.717, 1.165) is 25.8 Å². The molecule has 2 aliphatic heterocycles. The summed E-state index contributed by atoms with van der Waals surface area (Å²) >= 11 is 0. The lowest BCUT2D eigenvalue weighted by Crippen LogP contribution is -2.62. The standard InChI is InChI=1S/C14H22N2O3/c1-3-4-9-19-10-8-15-11(2)13(17)16-7-5-6-12(16)14(15)18/h3,11-12H,1,4-10H2,2H3. The van der Waals surface area contributed by atoms with Crippen molar-refractivity contribution in [3.63, 3.8) is 0 Å².